The van der Waals surface area contributed by atoms with Crippen molar-refractivity contribution in [3.05, 3.63) is 29.8 Å². The zero-order valence-corrected chi connectivity index (χ0v) is 11.4. The van der Waals surface area contributed by atoms with E-state index >= 15 is 0 Å². The molecule has 0 bridgehead atoms. The van der Waals surface area contributed by atoms with Crippen LogP contribution >= 0.6 is 0 Å². The molecule has 1 aromatic carbocycles. The van der Waals surface area contributed by atoms with Crippen LogP contribution in [-0.4, -0.2) is 31.1 Å². The Morgan fingerprint density at radius 2 is 2.11 bits per heavy atom. The predicted molar refractivity (Wildman–Crippen MR) is 74.8 cm³/mol. The van der Waals surface area contributed by atoms with Gasteiger partial charge in [-0.2, -0.15) is 0 Å². The van der Waals surface area contributed by atoms with Crippen LogP contribution in [0.15, 0.2) is 24.3 Å². The van der Waals surface area contributed by atoms with Crippen molar-refractivity contribution >= 4 is 0 Å². The molecule has 0 aliphatic heterocycles. The van der Waals surface area contributed by atoms with Gasteiger partial charge in [0, 0.05) is 24.2 Å². The molecule has 1 aliphatic carbocycles. The molecule has 1 saturated carbocycles. The first kappa shape index (κ1) is 13.4. The Balaban J connectivity index is 2.03. The van der Waals surface area contributed by atoms with Gasteiger partial charge in [0.05, 0.1) is 7.11 Å². The third-order valence-corrected chi connectivity index (χ3v) is 3.54. The van der Waals surface area contributed by atoms with E-state index in [4.69, 9.17) is 10.5 Å². The number of nitrogens with two attached hydrogens (primary N) is 1. The smallest absolute Gasteiger partial charge is 0.123 e. The van der Waals surface area contributed by atoms with E-state index in [0.717, 1.165) is 30.4 Å². The SMILES string of the molecule is CCCN(CC(N)c1ccccc1OC)C1CC1. The molecule has 3 heteroatoms. The van der Waals surface area contributed by atoms with Crippen molar-refractivity contribution in [3.8, 4) is 5.75 Å². The maximum Gasteiger partial charge on any atom is 0.123 e. The monoisotopic (exact) mass is 248 g/mol. The normalized spacial score (nSPS) is 16.9. The van der Waals surface area contributed by atoms with Crippen LogP contribution in [-0.2, 0) is 0 Å². The number of benzene rings is 1. The lowest BCUT2D eigenvalue weighted by Crippen LogP contribution is -2.34. The molecule has 3 nitrogen and oxygen atoms in total. The van der Waals surface area contributed by atoms with Crippen LogP contribution in [0.5, 0.6) is 5.75 Å². The highest BCUT2D eigenvalue weighted by Gasteiger charge is 2.29. The molecule has 0 saturated heterocycles. The van der Waals surface area contributed by atoms with Crippen LogP contribution in [0.2, 0.25) is 0 Å². The van der Waals surface area contributed by atoms with E-state index in [0.29, 0.717) is 0 Å². The number of methoxy groups -OCH3 is 1. The number of hydrogen-bond acceptors (Lipinski definition) is 3. The minimum atomic E-state index is 0.0355. The van der Waals surface area contributed by atoms with E-state index in [1.807, 2.05) is 18.2 Å². The maximum atomic E-state index is 6.35. The Bertz CT molecular complexity index is 377. The molecule has 100 valence electrons. The Morgan fingerprint density at radius 3 is 2.72 bits per heavy atom. The second-order valence-corrected chi connectivity index (χ2v) is 5.07. The first-order valence-electron chi connectivity index (χ1n) is 6.88. The minimum absolute atomic E-state index is 0.0355. The lowest BCUT2D eigenvalue weighted by molar-refractivity contribution is 0.246. The second-order valence-electron chi connectivity index (χ2n) is 5.07. The van der Waals surface area contributed by atoms with E-state index < -0.39 is 0 Å². The fourth-order valence-corrected chi connectivity index (χ4v) is 2.47. The van der Waals surface area contributed by atoms with Gasteiger partial charge in [-0.15, -0.1) is 0 Å². The zero-order valence-electron chi connectivity index (χ0n) is 11.4. The Kier molecular flexibility index (Phi) is 4.61. The van der Waals surface area contributed by atoms with Crippen molar-refractivity contribution in [1.82, 2.24) is 4.90 Å². The summed E-state index contributed by atoms with van der Waals surface area (Å²) in [5, 5.41) is 0. The van der Waals surface area contributed by atoms with E-state index in [9.17, 15) is 0 Å². The highest BCUT2D eigenvalue weighted by Crippen LogP contribution is 2.30. The van der Waals surface area contributed by atoms with Crippen LogP contribution in [0, 0.1) is 0 Å². The van der Waals surface area contributed by atoms with Crippen LogP contribution in [0.1, 0.15) is 37.8 Å². The van der Waals surface area contributed by atoms with Crippen molar-refractivity contribution in [2.24, 2.45) is 5.73 Å². The summed E-state index contributed by atoms with van der Waals surface area (Å²) in [5.74, 6) is 0.900. The summed E-state index contributed by atoms with van der Waals surface area (Å²) in [6, 6.07) is 8.87. The topological polar surface area (TPSA) is 38.5 Å². The molecular formula is C15H24N2O. The summed E-state index contributed by atoms with van der Waals surface area (Å²) in [6.45, 7) is 4.30. The fourth-order valence-electron chi connectivity index (χ4n) is 2.47. The first-order chi connectivity index (χ1) is 8.76. The molecule has 1 unspecified atom stereocenters. The maximum absolute atomic E-state index is 6.35. The van der Waals surface area contributed by atoms with Crippen LogP contribution < -0.4 is 10.5 Å². The molecule has 0 heterocycles. The lowest BCUT2D eigenvalue weighted by Gasteiger charge is -2.26. The quantitative estimate of drug-likeness (QED) is 0.806. The molecule has 0 amide bonds. The van der Waals surface area contributed by atoms with Gasteiger partial charge in [-0.3, -0.25) is 4.90 Å². The third-order valence-electron chi connectivity index (χ3n) is 3.54. The summed E-state index contributed by atoms with van der Waals surface area (Å²) in [5.41, 5.74) is 7.46. The first-order valence-corrected chi connectivity index (χ1v) is 6.88. The van der Waals surface area contributed by atoms with Crippen LogP contribution in [0.4, 0.5) is 0 Å². The lowest BCUT2D eigenvalue weighted by atomic mass is 10.1. The van der Waals surface area contributed by atoms with Crippen molar-refractivity contribution in [3.63, 3.8) is 0 Å². The highest BCUT2D eigenvalue weighted by atomic mass is 16.5. The number of nitrogens with zero attached hydrogens (tertiary/aromatic N) is 1. The van der Waals surface area contributed by atoms with E-state index in [-0.39, 0.29) is 6.04 Å². The number of hydrogen-bond donors (Lipinski definition) is 1. The minimum Gasteiger partial charge on any atom is -0.496 e. The van der Waals surface area contributed by atoms with Gasteiger partial charge in [0.1, 0.15) is 5.75 Å². The molecule has 0 aromatic heterocycles. The fraction of sp³-hybridized carbons (Fsp3) is 0.600. The molecule has 0 radical (unpaired) electrons. The van der Waals surface area contributed by atoms with E-state index in [2.05, 4.69) is 17.9 Å². The summed E-state index contributed by atoms with van der Waals surface area (Å²) in [7, 11) is 1.70. The molecule has 18 heavy (non-hydrogen) atoms. The number of ether oxygens (including phenoxy) is 1. The van der Waals surface area contributed by atoms with Crippen molar-refractivity contribution in [1.29, 1.82) is 0 Å². The van der Waals surface area contributed by atoms with Gasteiger partial charge < -0.3 is 10.5 Å². The average molecular weight is 248 g/mol. The Hall–Kier alpha value is -1.06. The average Bonchev–Trinajstić information content (AvgIpc) is 3.22. The molecule has 2 N–H and O–H groups in total. The van der Waals surface area contributed by atoms with Crippen molar-refractivity contribution < 1.29 is 4.74 Å². The van der Waals surface area contributed by atoms with Gasteiger partial charge in [0.2, 0.25) is 0 Å². The zero-order chi connectivity index (χ0) is 13.0. The molecule has 1 aromatic rings. The van der Waals surface area contributed by atoms with Gasteiger partial charge in [0.25, 0.3) is 0 Å². The van der Waals surface area contributed by atoms with Crippen molar-refractivity contribution in [2.45, 2.75) is 38.3 Å². The van der Waals surface area contributed by atoms with Gasteiger partial charge >= 0.3 is 0 Å². The number of rotatable bonds is 7. The largest absolute Gasteiger partial charge is 0.496 e. The summed E-state index contributed by atoms with van der Waals surface area (Å²) >= 11 is 0. The Labute approximate surface area is 110 Å². The molecule has 0 spiro atoms. The molecule has 1 atom stereocenters. The summed E-state index contributed by atoms with van der Waals surface area (Å²) in [4.78, 5) is 2.52. The van der Waals surface area contributed by atoms with Gasteiger partial charge in [-0.25, -0.2) is 0 Å². The molecule has 2 rings (SSSR count). The molecule has 1 aliphatic rings. The summed E-state index contributed by atoms with van der Waals surface area (Å²) in [6.07, 6.45) is 3.85. The van der Waals surface area contributed by atoms with E-state index in [1.165, 1.54) is 19.3 Å². The highest BCUT2D eigenvalue weighted by molar-refractivity contribution is 5.35. The van der Waals surface area contributed by atoms with Crippen LogP contribution in [0.25, 0.3) is 0 Å². The van der Waals surface area contributed by atoms with Crippen LogP contribution in [0.3, 0.4) is 0 Å². The van der Waals surface area contributed by atoms with Gasteiger partial charge in [0.15, 0.2) is 0 Å². The second kappa shape index (κ2) is 6.21. The molecule has 1 fully saturated rings. The Morgan fingerprint density at radius 1 is 1.39 bits per heavy atom. The predicted octanol–water partition coefficient (Wildman–Crippen LogP) is 2.57. The third kappa shape index (κ3) is 3.24. The standard InChI is InChI=1S/C15H24N2O/c1-3-10-17(12-8-9-12)11-14(16)13-6-4-5-7-15(13)18-2/h4-7,12,14H,3,8-11,16H2,1-2H3. The van der Waals surface area contributed by atoms with Gasteiger partial charge in [-0.05, 0) is 31.9 Å². The molecular weight excluding hydrogens is 224 g/mol. The number of para-hydroxylation sites is 1. The van der Waals surface area contributed by atoms with E-state index in [1.54, 1.807) is 7.11 Å². The van der Waals surface area contributed by atoms with Gasteiger partial charge in [-0.1, -0.05) is 25.1 Å². The van der Waals surface area contributed by atoms with Crippen molar-refractivity contribution in [2.75, 3.05) is 20.2 Å². The summed E-state index contributed by atoms with van der Waals surface area (Å²) < 4.78 is 5.39.